The van der Waals surface area contributed by atoms with Crippen LogP contribution in [0.15, 0.2) is 75.0 Å². The number of hydrogen-bond acceptors (Lipinski definition) is 8. The summed E-state index contributed by atoms with van der Waals surface area (Å²) in [6.45, 7) is 32.3. The van der Waals surface area contributed by atoms with Gasteiger partial charge in [0.25, 0.3) is 11.1 Å². The molecule has 0 spiro atoms. The van der Waals surface area contributed by atoms with Crippen LogP contribution in [0.3, 0.4) is 0 Å². The molecule has 0 radical (unpaired) electrons. The molecule has 3 aliphatic rings. The van der Waals surface area contributed by atoms with Crippen molar-refractivity contribution in [2.24, 2.45) is 0 Å². The summed E-state index contributed by atoms with van der Waals surface area (Å²) in [4.78, 5) is 24.7. The van der Waals surface area contributed by atoms with Crippen LogP contribution in [0.2, 0.25) is 0 Å². The lowest BCUT2D eigenvalue weighted by atomic mass is 9.49. The predicted octanol–water partition coefficient (Wildman–Crippen LogP) is 9.11. The normalized spacial score (nSPS) is 21.0. The van der Waals surface area contributed by atoms with Gasteiger partial charge in [-0.05, 0) is 157 Å². The summed E-state index contributed by atoms with van der Waals surface area (Å²) in [6.07, 6.45) is 3.70. The van der Waals surface area contributed by atoms with Gasteiger partial charge in [0.05, 0.1) is 33.6 Å². The fraction of sp³-hybridized carbons (Fsp3) is 0.581. The van der Waals surface area contributed by atoms with Crippen molar-refractivity contribution in [3.8, 4) is 0 Å². The summed E-state index contributed by atoms with van der Waals surface area (Å²) in [6, 6.07) is 15.9. The van der Waals surface area contributed by atoms with E-state index in [2.05, 4.69) is 15.9 Å². The Hall–Kier alpha value is -2.71. The minimum absolute atomic E-state index is 0. The third-order valence-corrected chi connectivity index (χ3v) is 12.7. The largest absolute Gasteiger partial charge is 0.494 e. The van der Waals surface area contributed by atoms with E-state index < -0.39 is 21.1 Å². The van der Waals surface area contributed by atoms with Gasteiger partial charge < -0.3 is 37.1 Å². The predicted molar refractivity (Wildman–Crippen MR) is 239 cm³/mol. The van der Waals surface area contributed by atoms with Crippen LogP contribution < -0.4 is 16.6 Å². The Morgan fingerprint density at radius 3 is 1.21 bits per heavy atom. The molecule has 3 aliphatic heterocycles. The molecule has 10 nitrogen and oxygen atoms in total. The summed E-state index contributed by atoms with van der Waals surface area (Å²) >= 11 is 3.38. The third kappa shape index (κ3) is 9.38. The first kappa shape index (κ1) is 47.0. The number of pyridine rings is 2. The molecule has 7 rings (SSSR count). The summed E-state index contributed by atoms with van der Waals surface area (Å²) in [5, 5.41) is 3.39. The van der Waals surface area contributed by atoms with Gasteiger partial charge in [-0.25, -0.2) is 0 Å². The number of aromatic nitrogens is 2. The smallest absolute Gasteiger partial charge is 0.405 e. The van der Waals surface area contributed by atoms with Crippen LogP contribution in [0.1, 0.15) is 130 Å². The van der Waals surface area contributed by atoms with Gasteiger partial charge in [-0.2, -0.15) is 0 Å². The fourth-order valence-electron chi connectivity index (χ4n) is 6.44. The lowest BCUT2D eigenvalue weighted by Gasteiger charge is -2.32. The van der Waals surface area contributed by atoms with E-state index in [0.29, 0.717) is 5.39 Å². The zero-order valence-corrected chi connectivity index (χ0v) is 37.8. The maximum atomic E-state index is 12.7. The number of fused-ring (bicyclic) bond motifs is 2. The van der Waals surface area contributed by atoms with E-state index in [4.69, 9.17) is 27.9 Å². The molecule has 5 heterocycles. The van der Waals surface area contributed by atoms with Crippen molar-refractivity contribution in [2.45, 2.75) is 164 Å². The van der Waals surface area contributed by atoms with Crippen molar-refractivity contribution < 1.29 is 27.9 Å². The number of nitrogens with zero attached hydrogens (tertiary/aromatic N) is 2. The van der Waals surface area contributed by atoms with Gasteiger partial charge in [-0.1, -0.05) is 41.6 Å². The molecule has 0 unspecified atom stereocenters. The Kier molecular flexibility index (Phi) is 13.5. The Balaban J connectivity index is 0.000000192. The Morgan fingerprint density at radius 1 is 0.509 bits per heavy atom. The molecule has 2 aromatic carbocycles. The molecular formula is C43H64B3BrN2O8. The molecule has 0 saturated carbocycles. The first-order valence-electron chi connectivity index (χ1n) is 19.6. The van der Waals surface area contributed by atoms with Crippen molar-refractivity contribution >= 4 is 64.1 Å². The second kappa shape index (κ2) is 16.4. The standard InChI is InChI=1S/C18H24BNO3.C12H24B2O4.C12H12BrNO.CH4/c1-12(2)20-10-9-13-7-8-14(11-15(13)16(20)21)19-22-17(3,4)18(5,6)23-19;1-9(2)10(3,4)16-13(15-9)14-17-11(5,6)12(7,8)18-14;1-8(2)14-6-5-9-3-4-10(13)7-11(9)12(14)15;/h7-12H,1-6H3;1-8H3;3-8H,1-2H3;1H4. The number of halogens is 1. The lowest BCUT2D eigenvalue weighted by molar-refractivity contribution is 0.00578. The second-order valence-corrected chi connectivity index (χ2v) is 19.6. The fourth-order valence-corrected chi connectivity index (χ4v) is 6.80. The molecular weight excluding hydrogens is 785 g/mol. The minimum Gasteiger partial charge on any atom is -0.405 e. The van der Waals surface area contributed by atoms with E-state index in [1.54, 1.807) is 9.13 Å². The molecule has 0 atom stereocenters. The van der Waals surface area contributed by atoms with Crippen LogP contribution in [0.5, 0.6) is 0 Å². The van der Waals surface area contributed by atoms with Crippen LogP contribution in [0.25, 0.3) is 21.5 Å². The first-order chi connectivity index (χ1) is 25.6. The molecule has 310 valence electrons. The van der Waals surface area contributed by atoms with Crippen molar-refractivity contribution in [1.29, 1.82) is 0 Å². The van der Waals surface area contributed by atoms with Crippen LogP contribution in [0.4, 0.5) is 0 Å². The van der Waals surface area contributed by atoms with Crippen LogP contribution >= 0.6 is 15.9 Å². The number of rotatable bonds is 4. The van der Waals surface area contributed by atoms with Gasteiger partial charge in [0.15, 0.2) is 0 Å². The number of hydrogen-bond donors (Lipinski definition) is 0. The summed E-state index contributed by atoms with van der Waals surface area (Å²) in [7, 11) is -1.40. The molecule has 3 saturated heterocycles. The molecule has 14 heteroatoms. The second-order valence-electron chi connectivity index (χ2n) is 18.7. The van der Waals surface area contributed by atoms with E-state index in [9.17, 15) is 9.59 Å². The Morgan fingerprint density at radius 2 is 0.842 bits per heavy atom. The molecule has 0 N–H and O–H groups in total. The molecule has 0 bridgehead atoms. The van der Waals surface area contributed by atoms with Crippen molar-refractivity contribution in [1.82, 2.24) is 9.13 Å². The highest BCUT2D eigenvalue weighted by Gasteiger charge is 2.63. The molecule has 0 aliphatic carbocycles. The Labute approximate surface area is 349 Å². The zero-order chi connectivity index (χ0) is 42.0. The van der Waals surface area contributed by atoms with Crippen LogP contribution in [-0.2, 0) is 27.9 Å². The van der Waals surface area contributed by atoms with Crippen molar-refractivity contribution in [3.63, 3.8) is 0 Å². The summed E-state index contributed by atoms with van der Waals surface area (Å²) in [5.41, 5.74) is -1.23. The number of benzene rings is 2. The zero-order valence-electron chi connectivity index (χ0n) is 36.2. The van der Waals surface area contributed by atoms with E-state index in [1.165, 1.54) is 0 Å². The summed E-state index contributed by atoms with van der Waals surface area (Å²) in [5.74, 6) is 0. The molecule has 3 fully saturated rings. The van der Waals surface area contributed by atoms with Gasteiger partial charge in [0.2, 0.25) is 0 Å². The maximum absolute atomic E-state index is 12.7. The maximum Gasteiger partial charge on any atom is 0.494 e. The van der Waals surface area contributed by atoms with Crippen LogP contribution in [-0.4, -0.2) is 63.9 Å². The highest BCUT2D eigenvalue weighted by atomic mass is 79.9. The summed E-state index contributed by atoms with van der Waals surface area (Å²) < 4.78 is 40.5. The Bertz CT molecular complexity index is 2110. The third-order valence-electron chi connectivity index (χ3n) is 12.3. The average molecular weight is 849 g/mol. The quantitative estimate of drug-likeness (QED) is 0.188. The van der Waals surface area contributed by atoms with E-state index in [-0.39, 0.29) is 64.2 Å². The molecule has 4 aromatic rings. The van der Waals surface area contributed by atoms with Crippen molar-refractivity contribution in [3.05, 3.63) is 86.1 Å². The van der Waals surface area contributed by atoms with Gasteiger partial charge in [0.1, 0.15) is 0 Å². The average Bonchev–Trinajstić information content (AvgIpc) is 3.54. The monoisotopic (exact) mass is 848 g/mol. The van der Waals surface area contributed by atoms with E-state index in [0.717, 1.165) is 26.1 Å². The topological polar surface area (TPSA) is 99.4 Å². The van der Waals surface area contributed by atoms with Gasteiger partial charge in [-0.3, -0.25) is 9.59 Å². The van der Waals surface area contributed by atoms with Gasteiger partial charge >= 0.3 is 21.1 Å². The highest BCUT2D eigenvalue weighted by Crippen LogP contribution is 2.43. The van der Waals surface area contributed by atoms with E-state index in [1.807, 2.05) is 172 Å². The molecule has 57 heavy (non-hydrogen) atoms. The van der Waals surface area contributed by atoms with Gasteiger partial charge in [0, 0.05) is 39.7 Å². The SMILES string of the molecule is C.CC(C)n1ccc2ccc(B3OC(C)(C)C(C)(C)O3)cc2c1=O.CC(C)n1ccc2ccc(Br)cc2c1=O.CC1(C)OB(B2OC(C)(C)C(C)(C)O2)OC1(C)C. The minimum atomic E-state index is -0.476. The van der Waals surface area contributed by atoms with Crippen molar-refractivity contribution in [2.75, 3.05) is 0 Å². The molecule has 0 amide bonds. The van der Waals surface area contributed by atoms with Gasteiger partial charge in [-0.15, -0.1) is 0 Å². The first-order valence-corrected chi connectivity index (χ1v) is 20.4. The lowest BCUT2D eigenvalue weighted by Crippen LogP contribution is -2.41. The van der Waals surface area contributed by atoms with E-state index >= 15 is 0 Å². The molecule has 2 aromatic heterocycles. The van der Waals surface area contributed by atoms with Crippen LogP contribution in [0, 0.1) is 0 Å². The highest BCUT2D eigenvalue weighted by molar-refractivity contribution is 9.10.